The van der Waals surface area contributed by atoms with E-state index in [4.69, 9.17) is 4.74 Å². The van der Waals surface area contributed by atoms with Crippen LogP contribution in [0.15, 0.2) is 30.4 Å². The van der Waals surface area contributed by atoms with Gasteiger partial charge in [0.15, 0.2) is 0 Å². The number of allylic oxidation sites excluding steroid dienone is 2. The highest BCUT2D eigenvalue weighted by atomic mass is 16.5. The van der Waals surface area contributed by atoms with Gasteiger partial charge in [-0.2, -0.15) is 0 Å². The topological polar surface area (TPSA) is 105 Å². The van der Waals surface area contributed by atoms with E-state index in [2.05, 4.69) is 10.6 Å². The van der Waals surface area contributed by atoms with Gasteiger partial charge in [0, 0.05) is 12.6 Å². The Labute approximate surface area is 139 Å². The lowest BCUT2D eigenvalue weighted by molar-refractivity contribution is -0.146. The molecule has 2 amide bonds. The zero-order valence-electron chi connectivity index (χ0n) is 13.5. The number of benzene rings is 1. The van der Waals surface area contributed by atoms with Gasteiger partial charge in [-0.05, 0) is 31.0 Å². The van der Waals surface area contributed by atoms with Gasteiger partial charge in [0.25, 0.3) is 0 Å². The molecule has 0 radical (unpaired) electrons. The maximum Gasteiger partial charge on any atom is 0.307 e. The summed E-state index contributed by atoms with van der Waals surface area (Å²) in [5.74, 6) is -2.58. The molecule has 3 N–H and O–H groups in total. The molecule has 128 valence electrons. The quantitative estimate of drug-likeness (QED) is 0.717. The van der Waals surface area contributed by atoms with Crippen molar-refractivity contribution in [2.45, 2.75) is 19.8 Å². The number of amides is 2. The van der Waals surface area contributed by atoms with Crippen LogP contribution in [-0.4, -0.2) is 30.0 Å². The van der Waals surface area contributed by atoms with Crippen LogP contribution in [-0.2, 0) is 14.4 Å². The molecule has 1 aromatic carbocycles. The van der Waals surface area contributed by atoms with E-state index in [1.165, 1.54) is 14.0 Å². The van der Waals surface area contributed by atoms with Crippen molar-refractivity contribution in [2.24, 2.45) is 11.8 Å². The van der Waals surface area contributed by atoms with Crippen LogP contribution in [0.1, 0.15) is 19.8 Å². The summed E-state index contributed by atoms with van der Waals surface area (Å²) in [5, 5.41) is 14.6. The summed E-state index contributed by atoms with van der Waals surface area (Å²) in [4.78, 5) is 35.0. The maximum atomic E-state index is 12.5. The van der Waals surface area contributed by atoms with Crippen molar-refractivity contribution in [3.8, 4) is 5.75 Å². The fraction of sp³-hybridized carbons (Fsp3) is 0.353. The fourth-order valence-corrected chi connectivity index (χ4v) is 2.69. The first kappa shape index (κ1) is 17.5. The molecule has 2 atom stereocenters. The zero-order chi connectivity index (χ0) is 17.7. The van der Waals surface area contributed by atoms with E-state index in [1.54, 1.807) is 24.3 Å². The van der Waals surface area contributed by atoms with Gasteiger partial charge < -0.3 is 20.5 Å². The lowest BCUT2D eigenvalue weighted by atomic mass is 9.82. The van der Waals surface area contributed by atoms with Crippen molar-refractivity contribution in [1.29, 1.82) is 0 Å². The third kappa shape index (κ3) is 4.13. The number of carboxylic acid groups (broad SMARTS) is 1. The van der Waals surface area contributed by atoms with Crippen LogP contribution < -0.4 is 15.4 Å². The number of anilines is 2. The largest absolute Gasteiger partial charge is 0.495 e. The molecule has 1 aromatic rings. The first-order chi connectivity index (χ1) is 11.4. The van der Waals surface area contributed by atoms with Crippen LogP contribution in [0.4, 0.5) is 11.4 Å². The Balaban J connectivity index is 2.22. The number of carboxylic acids is 1. The van der Waals surface area contributed by atoms with E-state index in [9.17, 15) is 19.5 Å². The van der Waals surface area contributed by atoms with Crippen LogP contribution in [0, 0.1) is 11.8 Å². The molecule has 1 aliphatic carbocycles. The van der Waals surface area contributed by atoms with Gasteiger partial charge in [-0.15, -0.1) is 0 Å². The first-order valence-corrected chi connectivity index (χ1v) is 7.56. The monoisotopic (exact) mass is 332 g/mol. The molecule has 0 spiro atoms. The third-order valence-corrected chi connectivity index (χ3v) is 3.86. The van der Waals surface area contributed by atoms with Crippen molar-refractivity contribution in [1.82, 2.24) is 0 Å². The molecule has 1 aliphatic rings. The molecule has 7 nitrogen and oxygen atoms in total. The lowest BCUT2D eigenvalue weighted by Gasteiger charge is -2.24. The number of aliphatic carboxylic acids is 1. The maximum absolute atomic E-state index is 12.5. The van der Waals surface area contributed by atoms with E-state index in [-0.39, 0.29) is 11.8 Å². The number of ether oxygens (including phenoxy) is 1. The molecule has 0 aliphatic heterocycles. The lowest BCUT2D eigenvalue weighted by Crippen LogP contribution is -2.34. The van der Waals surface area contributed by atoms with Gasteiger partial charge in [0.05, 0.1) is 24.6 Å². The number of nitrogens with one attached hydrogen (secondary N) is 2. The van der Waals surface area contributed by atoms with Crippen molar-refractivity contribution < 1.29 is 24.2 Å². The van der Waals surface area contributed by atoms with Crippen LogP contribution in [0.2, 0.25) is 0 Å². The summed E-state index contributed by atoms with van der Waals surface area (Å²) in [7, 11) is 1.46. The van der Waals surface area contributed by atoms with Crippen LogP contribution in [0.5, 0.6) is 5.75 Å². The number of hydrogen-bond donors (Lipinski definition) is 3. The molecule has 0 unspecified atom stereocenters. The minimum atomic E-state index is -0.988. The van der Waals surface area contributed by atoms with Crippen molar-refractivity contribution in [3.05, 3.63) is 30.4 Å². The molecule has 7 heteroatoms. The fourth-order valence-electron chi connectivity index (χ4n) is 2.69. The Morgan fingerprint density at radius 2 is 1.79 bits per heavy atom. The number of methoxy groups -OCH3 is 1. The summed E-state index contributed by atoms with van der Waals surface area (Å²) in [6.45, 7) is 1.38. The highest BCUT2D eigenvalue weighted by Gasteiger charge is 2.34. The summed E-state index contributed by atoms with van der Waals surface area (Å²) < 4.78 is 5.21. The molecule has 0 saturated heterocycles. The Kier molecular flexibility index (Phi) is 5.57. The van der Waals surface area contributed by atoms with Gasteiger partial charge in [0.1, 0.15) is 5.75 Å². The average molecular weight is 332 g/mol. The second-order valence-corrected chi connectivity index (χ2v) is 5.58. The second-order valence-electron chi connectivity index (χ2n) is 5.58. The average Bonchev–Trinajstić information content (AvgIpc) is 2.54. The van der Waals surface area contributed by atoms with Gasteiger partial charge in [0.2, 0.25) is 11.8 Å². The van der Waals surface area contributed by atoms with Crippen molar-refractivity contribution in [2.75, 3.05) is 17.7 Å². The minimum absolute atomic E-state index is 0.235. The van der Waals surface area contributed by atoms with E-state index in [0.29, 0.717) is 30.0 Å². The van der Waals surface area contributed by atoms with E-state index in [1.807, 2.05) is 6.08 Å². The SMILES string of the molecule is COc1ccc(NC(C)=O)cc1NC(=O)[C@@H]1CC=CC[C@@H]1C(=O)O. The third-order valence-electron chi connectivity index (χ3n) is 3.86. The highest BCUT2D eigenvalue weighted by Crippen LogP contribution is 2.31. The Hall–Kier alpha value is -2.83. The van der Waals surface area contributed by atoms with Gasteiger partial charge >= 0.3 is 5.97 Å². The molecular weight excluding hydrogens is 312 g/mol. The molecule has 0 bridgehead atoms. The molecule has 0 aromatic heterocycles. The molecule has 0 fully saturated rings. The zero-order valence-corrected chi connectivity index (χ0v) is 13.5. The molecular formula is C17H20N2O5. The highest BCUT2D eigenvalue weighted by molar-refractivity contribution is 5.98. The molecule has 24 heavy (non-hydrogen) atoms. The predicted octanol–water partition coefficient (Wildman–Crippen LogP) is 2.26. The van der Waals surface area contributed by atoms with Crippen LogP contribution in [0.25, 0.3) is 0 Å². The Morgan fingerprint density at radius 3 is 2.38 bits per heavy atom. The normalized spacial score (nSPS) is 19.4. The predicted molar refractivity (Wildman–Crippen MR) is 88.9 cm³/mol. The van der Waals surface area contributed by atoms with Gasteiger partial charge in [-0.1, -0.05) is 12.2 Å². The van der Waals surface area contributed by atoms with Crippen LogP contribution >= 0.6 is 0 Å². The second kappa shape index (κ2) is 7.63. The van der Waals surface area contributed by atoms with Gasteiger partial charge in [-0.25, -0.2) is 0 Å². The van der Waals surface area contributed by atoms with E-state index < -0.39 is 17.8 Å². The van der Waals surface area contributed by atoms with Gasteiger partial charge in [-0.3, -0.25) is 14.4 Å². The minimum Gasteiger partial charge on any atom is -0.495 e. The van der Waals surface area contributed by atoms with Crippen molar-refractivity contribution >= 4 is 29.2 Å². The Bertz CT molecular complexity index is 684. The number of carbonyl (C=O) groups excluding carboxylic acids is 2. The summed E-state index contributed by atoms with van der Waals surface area (Å²) in [5.41, 5.74) is 0.893. The standard InChI is InChI=1S/C17H20N2O5/c1-10(20)18-11-7-8-15(24-2)14(9-11)19-16(21)12-5-3-4-6-13(12)17(22)23/h3-4,7-9,12-13H,5-6H2,1-2H3,(H,18,20)(H,19,21)(H,22,23)/t12-,13+/m1/s1. The summed E-state index contributed by atoms with van der Waals surface area (Å²) in [6.07, 6.45) is 4.29. The Morgan fingerprint density at radius 1 is 1.12 bits per heavy atom. The van der Waals surface area contributed by atoms with Crippen molar-refractivity contribution in [3.63, 3.8) is 0 Å². The van der Waals surface area contributed by atoms with E-state index in [0.717, 1.165) is 0 Å². The first-order valence-electron chi connectivity index (χ1n) is 7.56. The van der Waals surface area contributed by atoms with E-state index >= 15 is 0 Å². The number of carbonyl (C=O) groups is 3. The smallest absolute Gasteiger partial charge is 0.307 e. The summed E-state index contributed by atoms with van der Waals surface area (Å²) in [6, 6.07) is 4.85. The molecule has 2 rings (SSSR count). The summed E-state index contributed by atoms with van der Waals surface area (Å²) >= 11 is 0. The molecule has 0 saturated carbocycles. The number of rotatable bonds is 5. The number of hydrogen-bond acceptors (Lipinski definition) is 4. The molecule has 0 heterocycles. The van der Waals surface area contributed by atoms with Crippen LogP contribution in [0.3, 0.4) is 0 Å².